The van der Waals surface area contributed by atoms with Crippen LogP contribution < -0.4 is 0 Å². The first-order valence-electron chi connectivity index (χ1n) is 4.25. The molecule has 1 heterocycles. The van der Waals surface area contributed by atoms with Gasteiger partial charge in [0.15, 0.2) is 0 Å². The van der Waals surface area contributed by atoms with E-state index in [0.717, 1.165) is 25.9 Å². The second-order valence-electron chi connectivity index (χ2n) is 2.98. The Morgan fingerprint density at radius 2 is 2.18 bits per heavy atom. The Morgan fingerprint density at radius 1 is 1.36 bits per heavy atom. The molecule has 0 spiro atoms. The molecule has 1 rings (SSSR count). The van der Waals surface area contributed by atoms with Gasteiger partial charge in [0, 0.05) is 13.2 Å². The summed E-state index contributed by atoms with van der Waals surface area (Å²) in [7, 11) is 0. The lowest BCUT2D eigenvalue weighted by molar-refractivity contribution is -0.0363. The zero-order chi connectivity index (χ0) is 8.10. The Labute approximate surface area is 67.0 Å². The number of rotatable bonds is 2. The number of aliphatic hydroxyl groups excluding tert-OH is 2. The fourth-order valence-corrected chi connectivity index (χ4v) is 1.39. The van der Waals surface area contributed by atoms with E-state index < -0.39 is 0 Å². The van der Waals surface area contributed by atoms with Gasteiger partial charge in [-0.05, 0) is 25.7 Å². The van der Waals surface area contributed by atoms with E-state index in [2.05, 4.69) is 0 Å². The van der Waals surface area contributed by atoms with Crippen LogP contribution in [0, 0.1) is 0 Å². The Morgan fingerprint density at radius 3 is 2.91 bits per heavy atom. The molecule has 0 saturated carbocycles. The fraction of sp³-hybridized carbons (Fsp3) is 1.00. The summed E-state index contributed by atoms with van der Waals surface area (Å²) in [5.41, 5.74) is 0. The summed E-state index contributed by atoms with van der Waals surface area (Å²) in [6, 6.07) is 0. The fourth-order valence-electron chi connectivity index (χ4n) is 1.39. The predicted molar refractivity (Wildman–Crippen MR) is 41.3 cm³/mol. The first-order valence-corrected chi connectivity index (χ1v) is 4.25. The molecule has 0 aromatic carbocycles. The molecule has 0 bridgehead atoms. The standard InChI is InChI=1S/C8H16O3/c9-5-4-8-7(10)3-1-2-6-11-8/h7-10H,1-6H2/t7-,8-/m0/s1. The molecule has 0 aliphatic carbocycles. The van der Waals surface area contributed by atoms with Crippen LogP contribution in [0.2, 0.25) is 0 Å². The molecular formula is C8H16O3. The molecule has 1 saturated heterocycles. The zero-order valence-electron chi connectivity index (χ0n) is 6.70. The summed E-state index contributed by atoms with van der Waals surface area (Å²) in [6.45, 7) is 0.823. The van der Waals surface area contributed by atoms with E-state index in [1.165, 1.54) is 0 Å². The van der Waals surface area contributed by atoms with Gasteiger partial charge in [-0.3, -0.25) is 0 Å². The minimum atomic E-state index is -0.371. The highest BCUT2D eigenvalue weighted by Gasteiger charge is 2.21. The lowest BCUT2D eigenvalue weighted by atomic mass is 10.1. The second kappa shape index (κ2) is 4.70. The average Bonchev–Trinajstić information content (AvgIpc) is 2.18. The predicted octanol–water partition coefficient (Wildman–Crippen LogP) is 0.299. The van der Waals surface area contributed by atoms with E-state index in [0.29, 0.717) is 6.42 Å². The van der Waals surface area contributed by atoms with Crippen LogP contribution in [0.3, 0.4) is 0 Å². The normalized spacial score (nSPS) is 33.3. The highest BCUT2D eigenvalue weighted by atomic mass is 16.5. The van der Waals surface area contributed by atoms with Gasteiger partial charge in [0.05, 0.1) is 12.2 Å². The first kappa shape index (κ1) is 8.97. The van der Waals surface area contributed by atoms with Crippen molar-refractivity contribution >= 4 is 0 Å². The van der Waals surface area contributed by atoms with Gasteiger partial charge in [0.25, 0.3) is 0 Å². The van der Waals surface area contributed by atoms with Crippen LogP contribution in [0.5, 0.6) is 0 Å². The third kappa shape index (κ3) is 2.77. The van der Waals surface area contributed by atoms with Gasteiger partial charge >= 0.3 is 0 Å². The van der Waals surface area contributed by atoms with Crippen LogP contribution in [-0.2, 0) is 4.74 Å². The maximum Gasteiger partial charge on any atom is 0.0855 e. The van der Waals surface area contributed by atoms with Crippen LogP contribution >= 0.6 is 0 Å². The van der Waals surface area contributed by atoms with Crippen molar-refractivity contribution in [3.05, 3.63) is 0 Å². The smallest absolute Gasteiger partial charge is 0.0855 e. The van der Waals surface area contributed by atoms with Crippen molar-refractivity contribution in [1.29, 1.82) is 0 Å². The highest BCUT2D eigenvalue weighted by molar-refractivity contribution is 4.71. The molecule has 11 heavy (non-hydrogen) atoms. The third-order valence-electron chi connectivity index (χ3n) is 2.07. The topological polar surface area (TPSA) is 49.7 Å². The molecule has 3 nitrogen and oxygen atoms in total. The summed E-state index contributed by atoms with van der Waals surface area (Å²) in [4.78, 5) is 0. The molecule has 0 amide bonds. The molecule has 0 radical (unpaired) electrons. The second-order valence-corrected chi connectivity index (χ2v) is 2.98. The minimum Gasteiger partial charge on any atom is -0.396 e. The van der Waals surface area contributed by atoms with E-state index >= 15 is 0 Å². The molecule has 0 aromatic heterocycles. The quantitative estimate of drug-likeness (QED) is 0.610. The lowest BCUT2D eigenvalue weighted by Crippen LogP contribution is -2.28. The summed E-state index contributed by atoms with van der Waals surface area (Å²) in [6.07, 6.45) is 2.92. The summed E-state index contributed by atoms with van der Waals surface area (Å²) in [5, 5.41) is 18.1. The molecular weight excluding hydrogens is 144 g/mol. The number of ether oxygens (including phenoxy) is 1. The van der Waals surface area contributed by atoms with E-state index in [-0.39, 0.29) is 18.8 Å². The number of hydrogen-bond donors (Lipinski definition) is 2. The summed E-state index contributed by atoms with van der Waals surface area (Å²) < 4.78 is 5.35. The van der Waals surface area contributed by atoms with Gasteiger partial charge in [-0.25, -0.2) is 0 Å². The van der Waals surface area contributed by atoms with Crippen molar-refractivity contribution in [1.82, 2.24) is 0 Å². The molecule has 2 N–H and O–H groups in total. The van der Waals surface area contributed by atoms with Crippen LogP contribution in [0.15, 0.2) is 0 Å². The Balaban J connectivity index is 2.32. The van der Waals surface area contributed by atoms with Crippen molar-refractivity contribution in [2.45, 2.75) is 37.9 Å². The average molecular weight is 160 g/mol. The van der Waals surface area contributed by atoms with Gasteiger partial charge in [0.1, 0.15) is 0 Å². The minimum absolute atomic E-state index is 0.0989. The SMILES string of the molecule is OCC[C@@H]1OCCCC[C@@H]1O. The molecule has 3 heteroatoms. The van der Waals surface area contributed by atoms with Gasteiger partial charge in [0.2, 0.25) is 0 Å². The monoisotopic (exact) mass is 160 g/mol. The maximum atomic E-state index is 9.44. The van der Waals surface area contributed by atoms with Gasteiger partial charge in [-0.15, -0.1) is 0 Å². The van der Waals surface area contributed by atoms with Crippen LogP contribution in [0.1, 0.15) is 25.7 Å². The maximum absolute atomic E-state index is 9.44. The largest absolute Gasteiger partial charge is 0.396 e. The number of hydrogen-bond acceptors (Lipinski definition) is 3. The first-order chi connectivity index (χ1) is 5.34. The number of aliphatic hydroxyl groups is 2. The molecule has 66 valence electrons. The third-order valence-corrected chi connectivity index (χ3v) is 2.07. The molecule has 2 atom stereocenters. The molecule has 0 aromatic rings. The van der Waals surface area contributed by atoms with Gasteiger partial charge in [-0.2, -0.15) is 0 Å². The van der Waals surface area contributed by atoms with E-state index in [4.69, 9.17) is 9.84 Å². The van der Waals surface area contributed by atoms with Crippen molar-refractivity contribution in [2.24, 2.45) is 0 Å². The van der Waals surface area contributed by atoms with Crippen LogP contribution in [-0.4, -0.2) is 35.6 Å². The Hall–Kier alpha value is -0.120. The summed E-state index contributed by atoms with van der Waals surface area (Å²) >= 11 is 0. The van der Waals surface area contributed by atoms with Crippen LogP contribution in [0.4, 0.5) is 0 Å². The Kier molecular flexibility index (Phi) is 3.83. The highest BCUT2D eigenvalue weighted by Crippen LogP contribution is 2.15. The Bertz CT molecular complexity index is 106. The van der Waals surface area contributed by atoms with Gasteiger partial charge < -0.3 is 14.9 Å². The van der Waals surface area contributed by atoms with Crippen molar-refractivity contribution in [2.75, 3.05) is 13.2 Å². The van der Waals surface area contributed by atoms with Gasteiger partial charge in [-0.1, -0.05) is 0 Å². The lowest BCUT2D eigenvalue weighted by Gasteiger charge is -2.18. The zero-order valence-corrected chi connectivity index (χ0v) is 6.70. The van der Waals surface area contributed by atoms with Crippen molar-refractivity contribution < 1.29 is 14.9 Å². The molecule has 0 unspecified atom stereocenters. The van der Waals surface area contributed by atoms with E-state index in [1.54, 1.807) is 0 Å². The molecule has 1 fully saturated rings. The van der Waals surface area contributed by atoms with Crippen molar-refractivity contribution in [3.8, 4) is 0 Å². The van der Waals surface area contributed by atoms with Crippen molar-refractivity contribution in [3.63, 3.8) is 0 Å². The van der Waals surface area contributed by atoms with E-state index in [1.807, 2.05) is 0 Å². The molecule has 1 aliphatic heterocycles. The van der Waals surface area contributed by atoms with E-state index in [9.17, 15) is 5.11 Å². The van der Waals surface area contributed by atoms with Crippen LogP contribution in [0.25, 0.3) is 0 Å². The summed E-state index contributed by atoms with van der Waals surface area (Å²) in [5.74, 6) is 0. The molecule has 1 aliphatic rings.